The second-order valence-corrected chi connectivity index (χ2v) is 8.81. The molecule has 2 aromatic carbocycles. The second kappa shape index (κ2) is 10.9. The molecule has 0 spiro atoms. The topological polar surface area (TPSA) is 71.2 Å². The van der Waals surface area contributed by atoms with Gasteiger partial charge in [-0.2, -0.15) is 0 Å². The zero-order valence-corrected chi connectivity index (χ0v) is 22.2. The van der Waals surface area contributed by atoms with Gasteiger partial charge in [-0.15, -0.1) is 0 Å². The first-order valence-electron chi connectivity index (χ1n) is 10.8. The molecule has 164 valence electrons. The van der Waals surface area contributed by atoms with Crippen LogP contribution in [0.2, 0.25) is 0 Å². The standard InChI is InChI=1S/C25H30FN3O2.K/c1-29(2)25(18-6-4-3-5-7-18)12-10-20(11-13-25)28-23(24(30)31)14-17-16-27-22-9-8-19(26)15-21(17)22;/h3-9,15-16,20,23,27-28H,10-14H2,1-2H3,(H,30,31);/q;+1/p-1. The average molecular weight is 462 g/mol. The van der Waals surface area contributed by atoms with Crippen LogP contribution in [0.4, 0.5) is 4.39 Å². The number of carboxylic acids is 1. The first-order valence-corrected chi connectivity index (χ1v) is 10.8. The number of aromatic nitrogens is 1. The Labute approximate surface area is 231 Å². The molecule has 1 atom stereocenters. The molecule has 1 saturated carbocycles. The number of H-pyrrole nitrogens is 1. The Morgan fingerprint density at radius 2 is 1.91 bits per heavy atom. The predicted octanol–water partition coefficient (Wildman–Crippen LogP) is -0.0387. The summed E-state index contributed by atoms with van der Waals surface area (Å²) in [7, 11) is 4.22. The van der Waals surface area contributed by atoms with Gasteiger partial charge in [0, 0.05) is 28.7 Å². The zero-order valence-electron chi connectivity index (χ0n) is 19.0. The maximum Gasteiger partial charge on any atom is 1.00 e. The van der Waals surface area contributed by atoms with Crippen LogP contribution in [0, 0.1) is 5.82 Å². The van der Waals surface area contributed by atoms with Crippen LogP contribution >= 0.6 is 0 Å². The normalized spacial score (nSPS) is 21.9. The number of fused-ring (bicyclic) bond motifs is 1. The third-order valence-electron chi connectivity index (χ3n) is 6.85. The van der Waals surface area contributed by atoms with Crippen LogP contribution in [0.3, 0.4) is 0 Å². The maximum atomic E-state index is 13.7. The SMILES string of the molecule is CN(C)C1(c2ccccc2)CCC(NC(Cc2c[nH]c3ccc(F)cc23)C(=O)[O-])CC1.[K+]. The fourth-order valence-electron chi connectivity index (χ4n) is 5.04. The summed E-state index contributed by atoms with van der Waals surface area (Å²) in [5, 5.41) is 15.9. The number of hydrogen-bond donors (Lipinski definition) is 2. The molecular formula is C25H29FKN3O2. The number of aromatic amines is 1. The number of carbonyl (C=O) groups is 1. The summed E-state index contributed by atoms with van der Waals surface area (Å²) < 4.78 is 13.7. The Kier molecular flexibility index (Phi) is 8.71. The van der Waals surface area contributed by atoms with E-state index in [9.17, 15) is 14.3 Å². The third kappa shape index (κ3) is 5.36. The number of carbonyl (C=O) groups excluding carboxylic acids is 1. The molecule has 0 radical (unpaired) electrons. The largest absolute Gasteiger partial charge is 1.00 e. The maximum absolute atomic E-state index is 13.7. The van der Waals surface area contributed by atoms with Crippen LogP contribution in [0.1, 0.15) is 36.8 Å². The molecule has 3 aromatic rings. The Hall–Kier alpha value is -1.06. The summed E-state index contributed by atoms with van der Waals surface area (Å²) in [4.78, 5) is 17.3. The van der Waals surface area contributed by atoms with Crippen molar-refractivity contribution in [3.05, 3.63) is 71.7 Å². The molecule has 2 N–H and O–H groups in total. The number of carboxylic acid groups (broad SMARTS) is 1. The summed E-state index contributed by atoms with van der Waals surface area (Å²) in [6.07, 6.45) is 5.65. The number of nitrogens with one attached hydrogen (secondary N) is 2. The van der Waals surface area contributed by atoms with Crippen molar-refractivity contribution >= 4 is 16.9 Å². The van der Waals surface area contributed by atoms with E-state index in [4.69, 9.17) is 0 Å². The summed E-state index contributed by atoms with van der Waals surface area (Å²) in [6.45, 7) is 0. The summed E-state index contributed by atoms with van der Waals surface area (Å²) >= 11 is 0. The minimum Gasteiger partial charge on any atom is -0.548 e. The van der Waals surface area contributed by atoms with E-state index in [2.05, 4.69) is 53.6 Å². The minimum atomic E-state index is -1.13. The van der Waals surface area contributed by atoms with Gasteiger partial charge in [-0.25, -0.2) is 4.39 Å². The van der Waals surface area contributed by atoms with Gasteiger partial charge in [-0.3, -0.25) is 4.90 Å². The average Bonchev–Trinajstić information content (AvgIpc) is 3.16. The predicted molar refractivity (Wildman–Crippen MR) is 118 cm³/mol. The van der Waals surface area contributed by atoms with Crippen molar-refractivity contribution in [1.29, 1.82) is 0 Å². The Morgan fingerprint density at radius 3 is 2.53 bits per heavy atom. The van der Waals surface area contributed by atoms with Gasteiger partial charge in [0.15, 0.2) is 0 Å². The number of nitrogens with zero attached hydrogens (tertiary/aromatic N) is 1. The number of hydrogen-bond acceptors (Lipinski definition) is 4. The van der Waals surface area contributed by atoms with E-state index in [1.807, 2.05) is 6.07 Å². The fourth-order valence-corrected chi connectivity index (χ4v) is 5.04. The molecule has 7 heteroatoms. The van der Waals surface area contributed by atoms with Crippen LogP contribution in [0.15, 0.2) is 54.7 Å². The quantitative estimate of drug-likeness (QED) is 0.485. The van der Waals surface area contributed by atoms with Crippen LogP contribution in [-0.2, 0) is 16.8 Å². The van der Waals surface area contributed by atoms with E-state index < -0.39 is 12.0 Å². The molecule has 5 nitrogen and oxygen atoms in total. The first-order chi connectivity index (χ1) is 14.9. The summed E-state index contributed by atoms with van der Waals surface area (Å²) in [6, 6.07) is 14.3. The van der Waals surface area contributed by atoms with Crippen molar-refractivity contribution < 1.29 is 65.7 Å². The zero-order chi connectivity index (χ0) is 22.0. The van der Waals surface area contributed by atoms with Gasteiger partial charge >= 0.3 is 51.4 Å². The van der Waals surface area contributed by atoms with Crippen molar-refractivity contribution in [2.24, 2.45) is 0 Å². The molecule has 1 unspecified atom stereocenters. The number of aliphatic carboxylic acids is 1. The van der Waals surface area contributed by atoms with Gasteiger partial charge in [0.2, 0.25) is 0 Å². The molecule has 1 aromatic heterocycles. The van der Waals surface area contributed by atoms with Crippen LogP contribution < -0.4 is 61.8 Å². The minimum absolute atomic E-state index is 0. The second-order valence-electron chi connectivity index (χ2n) is 8.81. The monoisotopic (exact) mass is 461 g/mol. The molecule has 0 amide bonds. The molecule has 0 bridgehead atoms. The first kappa shape index (κ1) is 25.6. The molecular weight excluding hydrogens is 432 g/mol. The van der Waals surface area contributed by atoms with E-state index in [1.54, 1.807) is 12.3 Å². The van der Waals surface area contributed by atoms with Crippen LogP contribution in [0.25, 0.3) is 10.9 Å². The summed E-state index contributed by atoms with van der Waals surface area (Å²) in [5.41, 5.74) is 2.84. The molecule has 1 aliphatic rings. The van der Waals surface area contributed by atoms with E-state index in [1.165, 1.54) is 17.7 Å². The van der Waals surface area contributed by atoms with Gasteiger partial charge in [0.05, 0.1) is 12.0 Å². The fraction of sp³-hybridized carbons (Fsp3) is 0.400. The Balaban J connectivity index is 0.00000289. The Bertz CT molecular complexity index is 1050. The molecule has 4 rings (SSSR count). The molecule has 0 saturated heterocycles. The third-order valence-corrected chi connectivity index (χ3v) is 6.85. The molecule has 1 fully saturated rings. The van der Waals surface area contributed by atoms with Crippen molar-refractivity contribution in [3.63, 3.8) is 0 Å². The molecule has 1 heterocycles. The molecule has 0 aliphatic heterocycles. The van der Waals surface area contributed by atoms with E-state index in [0.717, 1.165) is 36.8 Å². The number of halogens is 1. The van der Waals surface area contributed by atoms with Crippen molar-refractivity contribution in [1.82, 2.24) is 15.2 Å². The van der Waals surface area contributed by atoms with Crippen molar-refractivity contribution in [2.75, 3.05) is 14.1 Å². The van der Waals surface area contributed by atoms with Crippen LogP contribution in [0.5, 0.6) is 0 Å². The summed E-state index contributed by atoms with van der Waals surface area (Å²) in [5.74, 6) is -1.46. The van der Waals surface area contributed by atoms with E-state index in [-0.39, 0.29) is 75.2 Å². The van der Waals surface area contributed by atoms with Gasteiger partial charge in [-0.05, 0) is 75.5 Å². The smallest absolute Gasteiger partial charge is 0.548 e. The number of benzene rings is 2. The van der Waals surface area contributed by atoms with Gasteiger partial charge in [0.1, 0.15) is 5.82 Å². The van der Waals surface area contributed by atoms with Gasteiger partial charge in [-0.1, -0.05) is 30.3 Å². The molecule has 1 aliphatic carbocycles. The molecule has 32 heavy (non-hydrogen) atoms. The van der Waals surface area contributed by atoms with E-state index in [0.29, 0.717) is 5.39 Å². The van der Waals surface area contributed by atoms with E-state index >= 15 is 0 Å². The van der Waals surface area contributed by atoms with Crippen molar-refractivity contribution in [3.8, 4) is 0 Å². The van der Waals surface area contributed by atoms with Crippen molar-refractivity contribution in [2.45, 2.75) is 49.7 Å². The van der Waals surface area contributed by atoms with Gasteiger partial charge in [0.25, 0.3) is 0 Å². The van der Waals surface area contributed by atoms with Gasteiger partial charge < -0.3 is 20.2 Å². The van der Waals surface area contributed by atoms with Crippen LogP contribution in [-0.4, -0.2) is 42.0 Å². The Morgan fingerprint density at radius 1 is 1.22 bits per heavy atom. The number of rotatable bonds is 7.